The van der Waals surface area contributed by atoms with Gasteiger partial charge in [0, 0.05) is 39.9 Å². The summed E-state index contributed by atoms with van der Waals surface area (Å²) < 4.78 is 5.06. The number of hydrogen-bond acceptors (Lipinski definition) is 3. The summed E-state index contributed by atoms with van der Waals surface area (Å²) in [6.45, 7) is 1.05. The number of ether oxygens (including phenoxy) is 1. The van der Waals surface area contributed by atoms with E-state index in [1.54, 1.807) is 24.0 Å². The number of rotatable bonds is 8. The average Bonchev–Trinajstić information content (AvgIpc) is 2.93. The highest BCUT2D eigenvalue weighted by Crippen LogP contribution is 2.46. The fraction of sp³-hybridized carbons (Fsp3) is 0.391. The molecule has 3 rings (SSSR count). The molecule has 28 heavy (non-hydrogen) atoms. The predicted molar refractivity (Wildman–Crippen MR) is 110 cm³/mol. The molecule has 1 heterocycles. The Bertz CT molecular complexity index is 837. The molecule has 5 heteroatoms. The molecule has 0 saturated heterocycles. The zero-order valence-electron chi connectivity index (χ0n) is 16.9. The third-order valence-corrected chi connectivity index (χ3v) is 5.67. The van der Waals surface area contributed by atoms with E-state index in [1.165, 1.54) is 0 Å². The summed E-state index contributed by atoms with van der Waals surface area (Å²) in [5, 5.41) is 0. The number of likely N-dealkylation sites (N-methyl/N-ethyl adjacent to an activating group) is 2. The number of hydrogen-bond donors (Lipinski definition) is 0. The monoisotopic (exact) mass is 380 g/mol. The van der Waals surface area contributed by atoms with Gasteiger partial charge in [-0.25, -0.2) is 0 Å². The number of carbonyl (C=O) groups is 2. The molecule has 148 valence electrons. The second kappa shape index (κ2) is 8.57. The summed E-state index contributed by atoms with van der Waals surface area (Å²) in [5.41, 5.74) is 2.33. The molecule has 0 saturated carbocycles. The third-order valence-electron chi connectivity index (χ3n) is 5.67. The van der Waals surface area contributed by atoms with Crippen LogP contribution in [0.1, 0.15) is 24.0 Å². The minimum Gasteiger partial charge on any atom is -0.383 e. The predicted octanol–water partition coefficient (Wildman–Crippen LogP) is 3.03. The van der Waals surface area contributed by atoms with Crippen molar-refractivity contribution in [2.75, 3.05) is 39.3 Å². The number of nitrogens with zero attached hydrogens (tertiary/aromatic N) is 2. The highest BCUT2D eigenvalue weighted by Gasteiger charge is 2.49. The zero-order valence-corrected chi connectivity index (χ0v) is 16.9. The van der Waals surface area contributed by atoms with Crippen LogP contribution >= 0.6 is 0 Å². The van der Waals surface area contributed by atoms with Crippen molar-refractivity contribution in [3.05, 3.63) is 65.7 Å². The van der Waals surface area contributed by atoms with E-state index in [4.69, 9.17) is 4.74 Å². The maximum atomic E-state index is 13.4. The molecule has 0 aromatic heterocycles. The van der Waals surface area contributed by atoms with Crippen LogP contribution in [0.15, 0.2) is 54.6 Å². The molecule has 0 N–H and O–H groups in total. The standard InChI is InChI=1S/C23H28N2O3/c1-24(15-16-28-3)21(26)13-14-23(17-18-9-5-4-6-10-18)19-11-7-8-12-20(19)25(2)22(23)27/h4-12H,13-17H2,1-3H3/t23-/m1/s1. The number of carbonyl (C=O) groups excluding carboxylic acids is 2. The van der Waals surface area contributed by atoms with Gasteiger partial charge in [0.15, 0.2) is 0 Å². The van der Waals surface area contributed by atoms with Crippen LogP contribution in [0.25, 0.3) is 0 Å². The first-order chi connectivity index (χ1) is 13.5. The maximum Gasteiger partial charge on any atom is 0.237 e. The van der Waals surface area contributed by atoms with E-state index in [1.807, 2.05) is 61.6 Å². The van der Waals surface area contributed by atoms with Gasteiger partial charge in [-0.2, -0.15) is 0 Å². The van der Waals surface area contributed by atoms with Crippen molar-refractivity contribution < 1.29 is 14.3 Å². The fourth-order valence-corrected chi connectivity index (χ4v) is 4.03. The number of benzene rings is 2. The van der Waals surface area contributed by atoms with Crippen LogP contribution in [0.4, 0.5) is 5.69 Å². The molecule has 1 aliphatic heterocycles. The van der Waals surface area contributed by atoms with Crippen LogP contribution in [0.3, 0.4) is 0 Å². The molecule has 2 aromatic carbocycles. The average molecular weight is 380 g/mol. The first-order valence-corrected chi connectivity index (χ1v) is 9.64. The minimum absolute atomic E-state index is 0.0318. The van der Waals surface area contributed by atoms with Crippen molar-refractivity contribution in [2.45, 2.75) is 24.7 Å². The van der Waals surface area contributed by atoms with Crippen LogP contribution in [0, 0.1) is 0 Å². The number of para-hydroxylation sites is 1. The van der Waals surface area contributed by atoms with Crippen LogP contribution < -0.4 is 4.90 Å². The van der Waals surface area contributed by atoms with Gasteiger partial charge in [-0.1, -0.05) is 48.5 Å². The Kier molecular flexibility index (Phi) is 6.15. The second-order valence-corrected chi connectivity index (χ2v) is 7.43. The van der Waals surface area contributed by atoms with Crippen molar-refractivity contribution in [1.82, 2.24) is 4.90 Å². The number of fused-ring (bicyclic) bond motifs is 1. The Morgan fingerprint density at radius 3 is 2.50 bits per heavy atom. The molecule has 5 nitrogen and oxygen atoms in total. The Morgan fingerprint density at radius 2 is 1.79 bits per heavy atom. The Morgan fingerprint density at radius 1 is 1.11 bits per heavy atom. The summed E-state index contributed by atoms with van der Waals surface area (Å²) in [6, 6.07) is 18.0. The molecule has 0 unspecified atom stereocenters. The quantitative estimate of drug-likeness (QED) is 0.707. The lowest BCUT2D eigenvalue weighted by Gasteiger charge is -2.29. The largest absolute Gasteiger partial charge is 0.383 e. The van der Waals surface area contributed by atoms with Crippen molar-refractivity contribution >= 4 is 17.5 Å². The highest BCUT2D eigenvalue weighted by molar-refractivity contribution is 6.08. The first-order valence-electron chi connectivity index (χ1n) is 9.64. The Balaban J connectivity index is 1.91. The van der Waals surface area contributed by atoms with Gasteiger partial charge in [0.2, 0.25) is 11.8 Å². The van der Waals surface area contributed by atoms with E-state index < -0.39 is 5.41 Å². The molecule has 0 spiro atoms. The molecule has 0 aliphatic carbocycles. The number of amides is 2. The smallest absolute Gasteiger partial charge is 0.237 e. The molecular formula is C23H28N2O3. The summed E-state index contributed by atoms with van der Waals surface area (Å²) in [6.07, 6.45) is 1.39. The molecule has 0 bridgehead atoms. The highest BCUT2D eigenvalue weighted by atomic mass is 16.5. The lowest BCUT2D eigenvalue weighted by Crippen LogP contribution is -2.42. The van der Waals surface area contributed by atoms with Crippen LogP contribution in [0.5, 0.6) is 0 Å². The number of methoxy groups -OCH3 is 1. The van der Waals surface area contributed by atoms with Crippen LogP contribution in [-0.2, 0) is 26.2 Å². The maximum absolute atomic E-state index is 13.4. The van der Waals surface area contributed by atoms with Crippen LogP contribution in [0.2, 0.25) is 0 Å². The van der Waals surface area contributed by atoms with E-state index in [-0.39, 0.29) is 11.8 Å². The van der Waals surface area contributed by atoms with E-state index in [2.05, 4.69) is 0 Å². The molecule has 1 atom stereocenters. The zero-order chi connectivity index (χ0) is 20.1. The first kappa shape index (κ1) is 20.1. The van der Waals surface area contributed by atoms with Gasteiger partial charge in [0.1, 0.15) is 0 Å². The van der Waals surface area contributed by atoms with Crippen molar-refractivity contribution in [2.24, 2.45) is 0 Å². The molecule has 0 radical (unpaired) electrons. The van der Waals surface area contributed by atoms with Crippen molar-refractivity contribution in [3.63, 3.8) is 0 Å². The summed E-state index contributed by atoms with van der Waals surface area (Å²) >= 11 is 0. The third kappa shape index (κ3) is 3.80. The Hall–Kier alpha value is -2.66. The van der Waals surface area contributed by atoms with Gasteiger partial charge in [-0.3, -0.25) is 9.59 Å². The normalized spacial score (nSPS) is 18.2. The van der Waals surface area contributed by atoms with Crippen LogP contribution in [-0.4, -0.2) is 51.1 Å². The summed E-state index contributed by atoms with van der Waals surface area (Å²) in [4.78, 5) is 29.5. The molecular weight excluding hydrogens is 352 g/mol. The Labute approximate surface area is 166 Å². The van der Waals surface area contributed by atoms with E-state index in [0.717, 1.165) is 16.8 Å². The number of anilines is 1. The molecule has 2 amide bonds. The molecule has 1 aliphatic rings. The van der Waals surface area contributed by atoms with E-state index >= 15 is 0 Å². The summed E-state index contributed by atoms with van der Waals surface area (Å²) in [5.74, 6) is 0.0919. The van der Waals surface area contributed by atoms with Gasteiger partial charge in [0.05, 0.1) is 12.0 Å². The topological polar surface area (TPSA) is 49.9 Å². The van der Waals surface area contributed by atoms with Gasteiger partial charge in [-0.15, -0.1) is 0 Å². The molecule has 2 aromatic rings. The van der Waals surface area contributed by atoms with Crippen molar-refractivity contribution in [1.29, 1.82) is 0 Å². The van der Waals surface area contributed by atoms with Gasteiger partial charge >= 0.3 is 0 Å². The molecule has 0 fully saturated rings. The van der Waals surface area contributed by atoms with E-state index in [0.29, 0.717) is 32.4 Å². The van der Waals surface area contributed by atoms with Gasteiger partial charge in [0.25, 0.3) is 0 Å². The second-order valence-electron chi connectivity index (χ2n) is 7.43. The van der Waals surface area contributed by atoms with Crippen molar-refractivity contribution in [3.8, 4) is 0 Å². The SMILES string of the molecule is COCCN(C)C(=O)CC[C@]1(Cc2ccccc2)C(=O)N(C)c2ccccc21. The summed E-state index contributed by atoms with van der Waals surface area (Å²) in [7, 11) is 5.22. The lowest BCUT2D eigenvalue weighted by atomic mass is 9.73. The van der Waals surface area contributed by atoms with E-state index in [9.17, 15) is 9.59 Å². The minimum atomic E-state index is -0.718. The van der Waals surface area contributed by atoms with Gasteiger partial charge < -0.3 is 14.5 Å². The fourth-order valence-electron chi connectivity index (χ4n) is 4.03. The van der Waals surface area contributed by atoms with Gasteiger partial charge in [-0.05, 0) is 30.0 Å². The lowest BCUT2D eigenvalue weighted by molar-refractivity contribution is -0.131.